The minimum absolute atomic E-state index is 0.0393. The van der Waals surface area contributed by atoms with Crippen molar-refractivity contribution in [2.75, 3.05) is 51.6 Å². The topological polar surface area (TPSA) is 133 Å². The number of aromatic nitrogens is 3. The molecular formula is C34H39F3N6O5S. The van der Waals surface area contributed by atoms with E-state index in [1.165, 1.54) is 19.4 Å². The van der Waals surface area contributed by atoms with E-state index in [4.69, 9.17) is 19.3 Å². The van der Waals surface area contributed by atoms with Crippen LogP contribution in [0.5, 0.6) is 11.8 Å². The molecule has 2 aromatic carbocycles. The minimum Gasteiger partial charge on any atom is -0.468 e. The number of piperidine rings is 1. The summed E-state index contributed by atoms with van der Waals surface area (Å²) >= 11 is 0. The SMILES string of the molecule is CCc1c(F)ccc2cc(OCOC)cc(-c3ncc4c(N5CCC[C@@H](S(N)(=O)=O)C5)nc(OC[C@@]56CCCN5C[C@H](F)C6)nc4c3F)c12. The van der Waals surface area contributed by atoms with Crippen LogP contribution in [0.3, 0.4) is 0 Å². The van der Waals surface area contributed by atoms with Crippen LogP contribution in [-0.2, 0) is 21.2 Å². The molecule has 49 heavy (non-hydrogen) atoms. The maximum Gasteiger partial charge on any atom is 0.319 e. The van der Waals surface area contributed by atoms with E-state index in [9.17, 15) is 12.8 Å². The molecule has 15 heteroatoms. The van der Waals surface area contributed by atoms with Crippen LogP contribution in [0.1, 0.15) is 44.6 Å². The zero-order valence-electron chi connectivity index (χ0n) is 27.4. The van der Waals surface area contributed by atoms with Crippen LogP contribution in [0.25, 0.3) is 32.9 Å². The zero-order valence-corrected chi connectivity index (χ0v) is 28.2. The Morgan fingerprint density at radius 2 is 1.94 bits per heavy atom. The standard InChI is InChI=1S/C34H39F3N6O5S/c1-3-24-27(36)8-7-20-12-22(48-19-46-2)13-25(28(20)24)30-29(37)31-26(15-39-30)32(42-10-4-6-23(17-42)49(38,44)45)41-33(40-31)47-18-34-9-5-11-43(34)16-21(35)14-34/h7-8,12-13,15,21,23H,3-6,9-11,14,16-19H2,1-2H3,(H2,38,44,45)/t21-,23-,34+/m1/s1. The number of nitrogens with zero attached hydrogens (tertiary/aromatic N) is 5. The number of alkyl halides is 1. The average molecular weight is 701 g/mol. The van der Waals surface area contributed by atoms with Gasteiger partial charge < -0.3 is 19.1 Å². The number of hydrogen-bond acceptors (Lipinski definition) is 10. The summed E-state index contributed by atoms with van der Waals surface area (Å²) in [5.41, 5.74) is -0.0102. The van der Waals surface area contributed by atoms with Crippen molar-refractivity contribution < 1.29 is 35.8 Å². The summed E-state index contributed by atoms with van der Waals surface area (Å²) < 4.78 is 88.4. The number of ether oxygens (including phenoxy) is 3. The Labute approximate surface area is 282 Å². The molecule has 3 aliphatic heterocycles. The van der Waals surface area contributed by atoms with Gasteiger partial charge in [-0.25, -0.2) is 26.7 Å². The average Bonchev–Trinajstić information content (AvgIpc) is 3.61. The molecular weight excluding hydrogens is 661 g/mol. The number of benzene rings is 2. The Kier molecular flexibility index (Phi) is 9.05. The second-order valence-corrected chi connectivity index (χ2v) is 15.0. The molecule has 0 radical (unpaired) electrons. The largest absolute Gasteiger partial charge is 0.468 e. The number of fused-ring (bicyclic) bond motifs is 3. The summed E-state index contributed by atoms with van der Waals surface area (Å²) in [5, 5.41) is 6.04. The van der Waals surface area contributed by atoms with Gasteiger partial charge in [-0.05, 0) is 73.2 Å². The van der Waals surface area contributed by atoms with Crippen LogP contribution in [0.2, 0.25) is 0 Å². The Bertz CT molecular complexity index is 2020. The third-order valence-corrected chi connectivity index (χ3v) is 11.4. The number of rotatable bonds is 10. The van der Waals surface area contributed by atoms with Gasteiger partial charge in [0.1, 0.15) is 41.4 Å². The molecule has 3 saturated heterocycles. The molecule has 3 fully saturated rings. The van der Waals surface area contributed by atoms with E-state index in [2.05, 4.69) is 19.9 Å². The number of hydrogen-bond donors (Lipinski definition) is 1. The summed E-state index contributed by atoms with van der Waals surface area (Å²) in [5.74, 6) is -0.602. The van der Waals surface area contributed by atoms with E-state index >= 15 is 8.78 Å². The van der Waals surface area contributed by atoms with Crippen molar-refractivity contribution in [3.8, 4) is 23.0 Å². The predicted octanol–water partition coefficient (Wildman–Crippen LogP) is 4.88. The third-order valence-electron chi connectivity index (χ3n) is 10.1. The smallest absolute Gasteiger partial charge is 0.319 e. The Morgan fingerprint density at radius 1 is 1.10 bits per heavy atom. The van der Waals surface area contributed by atoms with Crippen molar-refractivity contribution in [3.63, 3.8) is 0 Å². The summed E-state index contributed by atoms with van der Waals surface area (Å²) in [6.45, 7) is 3.44. The number of primary sulfonamides is 1. The molecule has 11 nitrogen and oxygen atoms in total. The molecule has 3 atom stereocenters. The molecule has 0 unspecified atom stereocenters. The van der Waals surface area contributed by atoms with Gasteiger partial charge >= 0.3 is 6.01 Å². The number of sulfonamides is 1. The highest BCUT2D eigenvalue weighted by molar-refractivity contribution is 7.89. The summed E-state index contributed by atoms with van der Waals surface area (Å²) in [6, 6.07) is 6.18. The maximum atomic E-state index is 17.0. The van der Waals surface area contributed by atoms with E-state index in [-0.39, 0.29) is 48.4 Å². The van der Waals surface area contributed by atoms with Crippen LogP contribution >= 0.6 is 0 Å². The minimum atomic E-state index is -3.86. The highest BCUT2D eigenvalue weighted by atomic mass is 32.2. The first-order chi connectivity index (χ1) is 23.5. The van der Waals surface area contributed by atoms with Crippen molar-refractivity contribution in [1.29, 1.82) is 0 Å². The molecule has 262 valence electrons. The molecule has 0 bridgehead atoms. The fourth-order valence-electron chi connectivity index (χ4n) is 7.79. The lowest BCUT2D eigenvalue weighted by atomic mass is 9.94. The predicted molar refractivity (Wildman–Crippen MR) is 179 cm³/mol. The summed E-state index contributed by atoms with van der Waals surface area (Å²) in [6.07, 6.45) is 3.69. The summed E-state index contributed by atoms with van der Waals surface area (Å²) in [4.78, 5) is 17.6. The Hall–Kier alpha value is -3.79. The fourth-order valence-corrected chi connectivity index (χ4v) is 8.68. The molecule has 4 aromatic rings. The number of halogens is 3. The molecule has 7 rings (SSSR count). The van der Waals surface area contributed by atoms with Crippen LogP contribution in [0.15, 0.2) is 30.5 Å². The van der Waals surface area contributed by atoms with E-state index in [1.807, 2.05) is 6.92 Å². The first kappa shape index (κ1) is 33.7. The van der Waals surface area contributed by atoms with E-state index in [0.717, 1.165) is 19.4 Å². The second-order valence-electron chi connectivity index (χ2n) is 13.2. The number of pyridine rings is 1. The van der Waals surface area contributed by atoms with Gasteiger partial charge in [-0.1, -0.05) is 13.0 Å². The van der Waals surface area contributed by atoms with E-state index < -0.39 is 38.6 Å². The maximum absolute atomic E-state index is 17.0. The normalized spacial score (nSPS) is 23.0. The number of nitrogens with two attached hydrogens (primary N) is 1. The zero-order chi connectivity index (χ0) is 34.5. The van der Waals surface area contributed by atoms with Crippen LogP contribution in [0.4, 0.5) is 19.0 Å². The quantitative estimate of drug-likeness (QED) is 0.228. The monoisotopic (exact) mass is 700 g/mol. The van der Waals surface area contributed by atoms with Crippen LogP contribution < -0.4 is 19.5 Å². The first-order valence-corrected chi connectivity index (χ1v) is 18.1. The highest BCUT2D eigenvalue weighted by Gasteiger charge is 2.49. The highest BCUT2D eigenvalue weighted by Crippen LogP contribution is 2.42. The Balaban J connectivity index is 1.39. The van der Waals surface area contributed by atoms with Gasteiger partial charge in [-0.3, -0.25) is 9.88 Å². The lowest BCUT2D eigenvalue weighted by Crippen LogP contribution is -2.45. The van der Waals surface area contributed by atoms with Crippen molar-refractivity contribution in [2.24, 2.45) is 5.14 Å². The molecule has 5 heterocycles. The third kappa shape index (κ3) is 6.26. The van der Waals surface area contributed by atoms with Gasteiger partial charge in [0.05, 0.1) is 16.2 Å². The molecule has 0 spiro atoms. The second kappa shape index (κ2) is 13.2. The lowest BCUT2D eigenvalue weighted by molar-refractivity contribution is 0.0512. The van der Waals surface area contributed by atoms with Gasteiger partial charge in [0, 0.05) is 44.9 Å². The van der Waals surface area contributed by atoms with Crippen molar-refractivity contribution in [2.45, 2.75) is 62.4 Å². The summed E-state index contributed by atoms with van der Waals surface area (Å²) in [7, 11) is -2.38. The molecule has 0 aliphatic carbocycles. The number of anilines is 1. The number of methoxy groups -OCH3 is 1. The lowest BCUT2D eigenvalue weighted by Gasteiger charge is -2.33. The van der Waals surface area contributed by atoms with Gasteiger partial charge in [0.25, 0.3) is 0 Å². The van der Waals surface area contributed by atoms with Gasteiger partial charge in [0.15, 0.2) is 12.6 Å². The molecule has 2 N–H and O–H groups in total. The fraction of sp³-hybridized carbons (Fsp3) is 0.500. The van der Waals surface area contributed by atoms with E-state index in [0.29, 0.717) is 66.4 Å². The van der Waals surface area contributed by atoms with E-state index in [1.54, 1.807) is 23.1 Å². The van der Waals surface area contributed by atoms with Gasteiger partial charge in [-0.2, -0.15) is 9.97 Å². The van der Waals surface area contributed by atoms with Gasteiger partial charge in [-0.15, -0.1) is 0 Å². The van der Waals surface area contributed by atoms with Crippen LogP contribution in [-0.4, -0.2) is 91.9 Å². The molecule has 2 aromatic heterocycles. The van der Waals surface area contributed by atoms with Crippen molar-refractivity contribution in [3.05, 3.63) is 47.7 Å². The van der Waals surface area contributed by atoms with Crippen molar-refractivity contribution in [1.82, 2.24) is 19.9 Å². The Morgan fingerprint density at radius 3 is 2.71 bits per heavy atom. The molecule has 0 amide bonds. The first-order valence-electron chi connectivity index (χ1n) is 16.5. The van der Waals surface area contributed by atoms with Crippen molar-refractivity contribution >= 4 is 37.5 Å². The molecule has 3 aliphatic rings. The number of aryl methyl sites for hydroxylation is 1. The van der Waals surface area contributed by atoms with Gasteiger partial charge in [0.2, 0.25) is 10.0 Å². The van der Waals surface area contributed by atoms with Crippen LogP contribution in [0, 0.1) is 11.6 Å². The molecule has 0 saturated carbocycles.